The van der Waals surface area contributed by atoms with Gasteiger partial charge in [-0.15, -0.1) is 0 Å². The number of amides is 2. The summed E-state index contributed by atoms with van der Waals surface area (Å²) in [5, 5.41) is 15.4. The first-order valence-electron chi connectivity index (χ1n) is 6.60. The van der Waals surface area contributed by atoms with E-state index in [4.69, 9.17) is 0 Å². The molecule has 1 aliphatic carbocycles. The second kappa shape index (κ2) is 6.02. The molecule has 1 fully saturated rings. The van der Waals surface area contributed by atoms with Gasteiger partial charge in [-0.1, -0.05) is 25.3 Å². The normalized spacial score (nSPS) is 17.8. The van der Waals surface area contributed by atoms with Gasteiger partial charge in [0.05, 0.1) is 5.60 Å². The van der Waals surface area contributed by atoms with Crippen LogP contribution in [-0.2, 0) is 0 Å². The van der Waals surface area contributed by atoms with Gasteiger partial charge in [0.25, 0.3) is 0 Å². The molecule has 0 aliphatic heterocycles. The highest BCUT2D eigenvalue weighted by Crippen LogP contribution is 2.27. The van der Waals surface area contributed by atoms with Crippen LogP contribution in [-0.4, -0.2) is 23.3 Å². The molecule has 104 valence electrons. The Morgan fingerprint density at radius 1 is 1.32 bits per heavy atom. The second-order valence-corrected chi connectivity index (χ2v) is 5.10. The number of rotatable bonds is 3. The molecule has 2 amide bonds. The maximum atomic E-state index is 12.9. The van der Waals surface area contributed by atoms with E-state index < -0.39 is 17.4 Å². The van der Waals surface area contributed by atoms with Crippen molar-refractivity contribution in [3.05, 3.63) is 30.1 Å². The smallest absolute Gasteiger partial charge is 0.319 e. The largest absolute Gasteiger partial charge is 0.388 e. The van der Waals surface area contributed by atoms with Crippen molar-refractivity contribution in [1.82, 2.24) is 5.32 Å². The van der Waals surface area contributed by atoms with Gasteiger partial charge in [0.15, 0.2) is 0 Å². The lowest BCUT2D eigenvalue weighted by Gasteiger charge is -2.32. The van der Waals surface area contributed by atoms with Crippen LogP contribution in [0.15, 0.2) is 24.3 Å². The number of urea groups is 1. The van der Waals surface area contributed by atoms with Crippen molar-refractivity contribution < 1.29 is 14.3 Å². The molecular weight excluding hydrogens is 247 g/mol. The zero-order chi connectivity index (χ0) is 13.7. The summed E-state index contributed by atoms with van der Waals surface area (Å²) in [4.78, 5) is 11.7. The Hall–Kier alpha value is -1.62. The maximum Gasteiger partial charge on any atom is 0.319 e. The van der Waals surface area contributed by atoms with Crippen LogP contribution in [0.1, 0.15) is 32.1 Å². The Bertz CT molecular complexity index is 445. The van der Waals surface area contributed by atoms with Gasteiger partial charge >= 0.3 is 6.03 Å². The average Bonchev–Trinajstić information content (AvgIpc) is 2.38. The minimum Gasteiger partial charge on any atom is -0.388 e. The topological polar surface area (TPSA) is 61.4 Å². The number of hydrogen-bond acceptors (Lipinski definition) is 2. The Morgan fingerprint density at radius 2 is 2.05 bits per heavy atom. The SMILES string of the molecule is O=C(NCC1(O)CCCCC1)Nc1cccc(F)c1. The molecule has 4 nitrogen and oxygen atoms in total. The van der Waals surface area contributed by atoms with Crippen LogP contribution in [0.3, 0.4) is 0 Å². The predicted octanol–water partition coefficient (Wildman–Crippen LogP) is 2.64. The van der Waals surface area contributed by atoms with Gasteiger partial charge in [-0.3, -0.25) is 0 Å². The lowest BCUT2D eigenvalue weighted by atomic mass is 9.85. The first-order chi connectivity index (χ1) is 9.07. The van der Waals surface area contributed by atoms with Gasteiger partial charge in [-0.05, 0) is 31.0 Å². The van der Waals surface area contributed by atoms with Crippen molar-refractivity contribution in [2.24, 2.45) is 0 Å². The molecule has 1 aliphatic rings. The van der Waals surface area contributed by atoms with E-state index in [0.717, 1.165) is 19.3 Å². The van der Waals surface area contributed by atoms with Gasteiger partial charge in [0.2, 0.25) is 0 Å². The Morgan fingerprint density at radius 3 is 2.74 bits per heavy atom. The van der Waals surface area contributed by atoms with Crippen LogP contribution >= 0.6 is 0 Å². The fourth-order valence-corrected chi connectivity index (χ4v) is 2.37. The number of halogens is 1. The van der Waals surface area contributed by atoms with Crippen molar-refractivity contribution in [3.63, 3.8) is 0 Å². The van der Waals surface area contributed by atoms with Gasteiger partial charge in [0, 0.05) is 12.2 Å². The standard InChI is InChI=1S/C14H19FN2O2/c15-11-5-4-6-12(9-11)17-13(18)16-10-14(19)7-2-1-3-8-14/h4-6,9,19H,1-3,7-8,10H2,(H2,16,17,18). The molecule has 0 spiro atoms. The minimum atomic E-state index is -0.794. The van der Waals surface area contributed by atoms with E-state index in [1.165, 1.54) is 18.2 Å². The minimum absolute atomic E-state index is 0.230. The zero-order valence-electron chi connectivity index (χ0n) is 10.8. The first-order valence-corrected chi connectivity index (χ1v) is 6.60. The van der Waals surface area contributed by atoms with E-state index in [1.54, 1.807) is 6.07 Å². The number of hydrogen-bond donors (Lipinski definition) is 3. The van der Waals surface area contributed by atoms with Gasteiger partial charge < -0.3 is 15.7 Å². The molecule has 19 heavy (non-hydrogen) atoms. The van der Waals surface area contributed by atoms with Crippen LogP contribution in [0.4, 0.5) is 14.9 Å². The average molecular weight is 266 g/mol. The van der Waals surface area contributed by atoms with Crippen LogP contribution in [0.5, 0.6) is 0 Å². The van der Waals surface area contributed by atoms with Crippen molar-refractivity contribution in [3.8, 4) is 0 Å². The van der Waals surface area contributed by atoms with Crippen LogP contribution < -0.4 is 10.6 Å². The molecule has 1 aromatic carbocycles. The Labute approximate surface area is 112 Å². The number of benzene rings is 1. The van der Waals surface area contributed by atoms with E-state index in [0.29, 0.717) is 18.5 Å². The first kappa shape index (κ1) is 13.8. The Kier molecular flexibility index (Phi) is 4.37. The molecule has 2 rings (SSSR count). The van der Waals surface area contributed by atoms with Gasteiger partial charge in [0.1, 0.15) is 5.82 Å². The molecule has 0 saturated heterocycles. The number of carbonyl (C=O) groups is 1. The van der Waals surface area contributed by atoms with Crippen molar-refractivity contribution in [1.29, 1.82) is 0 Å². The highest BCUT2D eigenvalue weighted by atomic mass is 19.1. The molecule has 0 atom stereocenters. The third-order valence-electron chi connectivity index (χ3n) is 3.44. The predicted molar refractivity (Wildman–Crippen MR) is 71.5 cm³/mol. The summed E-state index contributed by atoms with van der Waals surface area (Å²) in [5.74, 6) is -0.399. The molecule has 1 saturated carbocycles. The molecule has 0 unspecified atom stereocenters. The molecule has 0 heterocycles. The van der Waals surface area contributed by atoms with Gasteiger partial charge in [-0.2, -0.15) is 0 Å². The third-order valence-corrected chi connectivity index (χ3v) is 3.44. The summed E-state index contributed by atoms with van der Waals surface area (Å²) in [6.07, 6.45) is 4.55. The van der Waals surface area contributed by atoms with Crippen molar-refractivity contribution >= 4 is 11.7 Å². The summed E-state index contributed by atoms with van der Waals surface area (Å²) in [7, 11) is 0. The highest BCUT2D eigenvalue weighted by molar-refractivity contribution is 5.89. The lowest BCUT2D eigenvalue weighted by Crippen LogP contribution is -2.45. The summed E-state index contributed by atoms with van der Waals surface area (Å²) >= 11 is 0. The fraction of sp³-hybridized carbons (Fsp3) is 0.500. The maximum absolute atomic E-state index is 12.9. The number of nitrogens with one attached hydrogen (secondary N) is 2. The lowest BCUT2D eigenvalue weighted by molar-refractivity contribution is 0.00755. The molecule has 5 heteroatoms. The number of anilines is 1. The third kappa shape index (κ3) is 4.21. The monoisotopic (exact) mass is 266 g/mol. The van der Waals surface area contributed by atoms with Crippen molar-refractivity contribution in [2.45, 2.75) is 37.7 Å². The van der Waals surface area contributed by atoms with Gasteiger partial charge in [-0.25, -0.2) is 9.18 Å². The molecule has 1 aromatic rings. The van der Waals surface area contributed by atoms with E-state index >= 15 is 0 Å². The zero-order valence-corrected chi connectivity index (χ0v) is 10.8. The molecule has 0 radical (unpaired) electrons. The highest BCUT2D eigenvalue weighted by Gasteiger charge is 2.29. The quantitative estimate of drug-likeness (QED) is 0.787. The molecule has 0 aromatic heterocycles. The van der Waals surface area contributed by atoms with E-state index in [9.17, 15) is 14.3 Å². The van der Waals surface area contributed by atoms with Crippen LogP contribution in [0.25, 0.3) is 0 Å². The van der Waals surface area contributed by atoms with E-state index in [-0.39, 0.29) is 6.54 Å². The molecular formula is C14H19FN2O2. The fourth-order valence-electron chi connectivity index (χ4n) is 2.37. The van der Waals surface area contributed by atoms with E-state index in [1.807, 2.05) is 0 Å². The van der Waals surface area contributed by atoms with Crippen molar-refractivity contribution in [2.75, 3.05) is 11.9 Å². The van der Waals surface area contributed by atoms with Crippen LogP contribution in [0.2, 0.25) is 0 Å². The number of carbonyl (C=O) groups excluding carboxylic acids is 1. The van der Waals surface area contributed by atoms with Crippen LogP contribution in [0, 0.1) is 5.82 Å². The summed E-state index contributed by atoms with van der Waals surface area (Å²) < 4.78 is 12.9. The molecule has 3 N–H and O–H groups in total. The summed E-state index contributed by atoms with van der Waals surface area (Å²) in [6, 6.07) is 5.27. The molecule has 0 bridgehead atoms. The summed E-state index contributed by atoms with van der Waals surface area (Å²) in [6.45, 7) is 0.230. The van der Waals surface area contributed by atoms with E-state index in [2.05, 4.69) is 10.6 Å². The second-order valence-electron chi connectivity index (χ2n) is 5.10. The Balaban J connectivity index is 1.81. The summed E-state index contributed by atoms with van der Waals surface area (Å²) in [5.41, 5.74) is -0.398. The number of aliphatic hydroxyl groups is 1.